The largest absolute Gasteiger partial charge is 0.406 e. The minimum Gasteiger partial charge on any atom is -0.341 e. The van der Waals surface area contributed by atoms with Crippen molar-refractivity contribution in [2.24, 2.45) is 0 Å². The van der Waals surface area contributed by atoms with Crippen molar-refractivity contribution in [2.75, 3.05) is 31.1 Å². The van der Waals surface area contributed by atoms with Crippen LogP contribution in [-0.4, -0.2) is 70.1 Å². The number of hydrogen-bond donors (Lipinski definition) is 0. The number of aromatic nitrogens is 2. The van der Waals surface area contributed by atoms with Crippen molar-refractivity contribution >= 4 is 17.9 Å². The minimum atomic E-state index is -4.59. The smallest absolute Gasteiger partial charge is 0.341 e. The molecule has 0 aliphatic carbocycles. The van der Waals surface area contributed by atoms with Crippen molar-refractivity contribution in [3.63, 3.8) is 0 Å². The van der Waals surface area contributed by atoms with Gasteiger partial charge in [0.05, 0.1) is 0 Å². The van der Waals surface area contributed by atoms with E-state index in [1.807, 2.05) is 11.8 Å². The molecule has 3 rings (SSSR count). The molecule has 1 aromatic heterocycles. The second-order valence-corrected chi connectivity index (χ2v) is 6.28. The summed E-state index contributed by atoms with van der Waals surface area (Å²) in [4.78, 5) is 35.9. The number of halogens is 3. The summed E-state index contributed by atoms with van der Waals surface area (Å²) in [7, 11) is 0. The van der Waals surface area contributed by atoms with Gasteiger partial charge in [0.2, 0.25) is 5.95 Å². The highest BCUT2D eigenvalue weighted by molar-refractivity contribution is 6.02. The van der Waals surface area contributed by atoms with Crippen LogP contribution in [0.15, 0.2) is 12.4 Å². The number of anilines is 1. The molecule has 0 radical (unpaired) electrons. The molecule has 2 fully saturated rings. The number of aryl methyl sites for hydroxylation is 1. The fourth-order valence-electron chi connectivity index (χ4n) is 3.11. The standard InChI is InChI=1S/C15H18F3N5O2/c1-10-6-19-13(20-7-10)21-4-2-11(3-5-21)22-8-12(24)23(14(22)25)9-15(16,17)18/h6-7,11H,2-5,8-9H2,1H3. The lowest BCUT2D eigenvalue weighted by Gasteiger charge is -2.36. The predicted octanol–water partition coefficient (Wildman–Crippen LogP) is 1.58. The summed E-state index contributed by atoms with van der Waals surface area (Å²) < 4.78 is 37.5. The second kappa shape index (κ2) is 6.49. The Bertz CT molecular complexity index is 656. The van der Waals surface area contributed by atoms with E-state index in [0.29, 0.717) is 31.9 Å². The van der Waals surface area contributed by atoms with Crippen molar-refractivity contribution in [1.29, 1.82) is 0 Å². The third-order valence-corrected chi connectivity index (χ3v) is 4.38. The Balaban J connectivity index is 1.60. The molecule has 0 saturated carbocycles. The van der Waals surface area contributed by atoms with Crippen LogP contribution in [0.4, 0.5) is 23.9 Å². The molecule has 3 amide bonds. The average molecular weight is 357 g/mol. The van der Waals surface area contributed by atoms with Gasteiger partial charge in [0.1, 0.15) is 13.1 Å². The number of urea groups is 1. The topological polar surface area (TPSA) is 69.6 Å². The molecule has 25 heavy (non-hydrogen) atoms. The highest BCUT2D eigenvalue weighted by Gasteiger charge is 2.45. The summed E-state index contributed by atoms with van der Waals surface area (Å²) in [5, 5.41) is 0. The Hall–Kier alpha value is -2.39. The van der Waals surface area contributed by atoms with Gasteiger partial charge in [0, 0.05) is 31.5 Å². The number of piperidine rings is 1. The Morgan fingerprint density at radius 1 is 1.16 bits per heavy atom. The lowest BCUT2D eigenvalue weighted by atomic mass is 10.0. The van der Waals surface area contributed by atoms with E-state index in [9.17, 15) is 22.8 Å². The predicted molar refractivity (Wildman–Crippen MR) is 81.9 cm³/mol. The lowest BCUT2D eigenvalue weighted by molar-refractivity contribution is -0.151. The van der Waals surface area contributed by atoms with Crippen molar-refractivity contribution in [2.45, 2.75) is 32.0 Å². The van der Waals surface area contributed by atoms with Crippen LogP contribution in [0, 0.1) is 6.92 Å². The zero-order valence-electron chi connectivity index (χ0n) is 13.7. The van der Waals surface area contributed by atoms with E-state index in [2.05, 4.69) is 9.97 Å². The number of hydrogen-bond acceptors (Lipinski definition) is 5. The number of rotatable bonds is 3. The van der Waals surface area contributed by atoms with Crippen molar-refractivity contribution in [3.05, 3.63) is 18.0 Å². The molecule has 0 atom stereocenters. The fraction of sp³-hybridized carbons (Fsp3) is 0.600. The zero-order valence-corrected chi connectivity index (χ0v) is 13.7. The maximum absolute atomic E-state index is 12.5. The van der Waals surface area contributed by atoms with Gasteiger partial charge < -0.3 is 9.80 Å². The van der Waals surface area contributed by atoms with Gasteiger partial charge in [-0.05, 0) is 25.3 Å². The van der Waals surface area contributed by atoms with Gasteiger partial charge in [-0.3, -0.25) is 9.69 Å². The van der Waals surface area contributed by atoms with Gasteiger partial charge in [0.15, 0.2) is 0 Å². The molecule has 7 nitrogen and oxygen atoms in total. The third-order valence-electron chi connectivity index (χ3n) is 4.38. The highest BCUT2D eigenvalue weighted by Crippen LogP contribution is 2.26. The summed E-state index contributed by atoms with van der Waals surface area (Å²) in [5.41, 5.74) is 0.949. The summed E-state index contributed by atoms with van der Waals surface area (Å²) in [6, 6.07) is -1.11. The first kappa shape index (κ1) is 17.4. The minimum absolute atomic E-state index is 0.253. The van der Waals surface area contributed by atoms with Crippen LogP contribution >= 0.6 is 0 Å². The number of carbonyl (C=O) groups is 2. The maximum Gasteiger partial charge on any atom is 0.406 e. The summed E-state index contributed by atoms with van der Waals surface area (Å²) in [5.74, 6) is -0.210. The van der Waals surface area contributed by atoms with Gasteiger partial charge in [-0.2, -0.15) is 13.2 Å². The number of amides is 3. The van der Waals surface area contributed by atoms with E-state index < -0.39 is 24.7 Å². The molecule has 2 saturated heterocycles. The molecule has 0 spiro atoms. The van der Waals surface area contributed by atoms with Gasteiger partial charge in [-0.1, -0.05) is 0 Å². The first-order chi connectivity index (χ1) is 11.7. The molecule has 2 aliphatic heterocycles. The van der Waals surface area contributed by atoms with Crippen LogP contribution in [0.5, 0.6) is 0 Å². The van der Waals surface area contributed by atoms with Crippen LogP contribution in [0.1, 0.15) is 18.4 Å². The van der Waals surface area contributed by atoms with Gasteiger partial charge in [-0.15, -0.1) is 0 Å². The lowest BCUT2D eigenvalue weighted by Crippen LogP contribution is -2.47. The second-order valence-electron chi connectivity index (χ2n) is 6.28. The van der Waals surface area contributed by atoms with Crippen molar-refractivity contribution < 1.29 is 22.8 Å². The summed E-state index contributed by atoms with van der Waals surface area (Å²) in [6.07, 6.45) is -0.0576. The van der Waals surface area contributed by atoms with E-state index in [1.54, 1.807) is 12.4 Å². The molecule has 3 heterocycles. The molecule has 0 bridgehead atoms. The summed E-state index contributed by atoms with van der Waals surface area (Å²) in [6.45, 7) is 1.21. The number of alkyl halides is 3. The maximum atomic E-state index is 12.5. The molecule has 1 aromatic rings. The van der Waals surface area contributed by atoms with E-state index in [0.717, 1.165) is 5.56 Å². The Morgan fingerprint density at radius 2 is 1.76 bits per heavy atom. The summed E-state index contributed by atoms with van der Waals surface area (Å²) >= 11 is 0. The first-order valence-electron chi connectivity index (χ1n) is 7.96. The molecule has 136 valence electrons. The van der Waals surface area contributed by atoms with Crippen LogP contribution in [0.2, 0.25) is 0 Å². The molecule has 0 N–H and O–H groups in total. The molecule has 10 heteroatoms. The van der Waals surface area contributed by atoms with Gasteiger partial charge in [0.25, 0.3) is 5.91 Å². The van der Waals surface area contributed by atoms with Crippen LogP contribution < -0.4 is 4.90 Å². The zero-order chi connectivity index (χ0) is 18.2. The van der Waals surface area contributed by atoms with E-state index in [-0.39, 0.29) is 17.5 Å². The normalized spacial score (nSPS) is 19.9. The van der Waals surface area contributed by atoms with Gasteiger partial charge in [-0.25, -0.2) is 14.8 Å². The quantitative estimate of drug-likeness (QED) is 0.769. The Kier molecular flexibility index (Phi) is 4.53. The Morgan fingerprint density at radius 3 is 2.32 bits per heavy atom. The van der Waals surface area contributed by atoms with Gasteiger partial charge >= 0.3 is 12.2 Å². The van der Waals surface area contributed by atoms with E-state index in [4.69, 9.17) is 0 Å². The highest BCUT2D eigenvalue weighted by atomic mass is 19.4. The number of nitrogens with zero attached hydrogens (tertiary/aromatic N) is 5. The number of imide groups is 1. The third kappa shape index (κ3) is 3.83. The molecule has 0 aromatic carbocycles. The van der Waals surface area contributed by atoms with Crippen molar-refractivity contribution in [1.82, 2.24) is 19.8 Å². The fourth-order valence-corrected chi connectivity index (χ4v) is 3.11. The molecule has 2 aliphatic rings. The van der Waals surface area contributed by atoms with Crippen LogP contribution in [0.3, 0.4) is 0 Å². The van der Waals surface area contributed by atoms with E-state index >= 15 is 0 Å². The van der Waals surface area contributed by atoms with Crippen molar-refractivity contribution in [3.8, 4) is 0 Å². The SMILES string of the molecule is Cc1cnc(N2CCC(N3CC(=O)N(CC(F)(F)F)C3=O)CC2)nc1. The van der Waals surface area contributed by atoms with Crippen LogP contribution in [-0.2, 0) is 4.79 Å². The Labute approximate surface area is 142 Å². The first-order valence-corrected chi connectivity index (χ1v) is 7.96. The molecular formula is C15H18F3N5O2. The van der Waals surface area contributed by atoms with E-state index in [1.165, 1.54) is 4.90 Å². The number of carbonyl (C=O) groups excluding carboxylic acids is 2. The average Bonchev–Trinajstić information content (AvgIpc) is 2.83. The van der Waals surface area contributed by atoms with Crippen LogP contribution in [0.25, 0.3) is 0 Å². The molecular weight excluding hydrogens is 339 g/mol. The molecule has 0 unspecified atom stereocenters. The monoisotopic (exact) mass is 357 g/mol.